The van der Waals surface area contributed by atoms with Crippen molar-refractivity contribution >= 4 is 27.9 Å². The number of nitrogens with zero attached hydrogens (tertiary/aromatic N) is 1. The van der Waals surface area contributed by atoms with Gasteiger partial charge in [0.15, 0.2) is 19.1 Å². The minimum absolute atomic E-state index is 0.141. The summed E-state index contributed by atoms with van der Waals surface area (Å²) >= 11 is 3.49. The van der Waals surface area contributed by atoms with Crippen LogP contribution in [0, 0.1) is 0 Å². The zero-order valence-corrected chi connectivity index (χ0v) is 18.0. The molecule has 6 heteroatoms. The van der Waals surface area contributed by atoms with E-state index in [2.05, 4.69) is 33.4 Å². The van der Waals surface area contributed by atoms with Gasteiger partial charge in [0.1, 0.15) is 5.60 Å². The fourth-order valence-corrected chi connectivity index (χ4v) is 3.66. The molecule has 0 radical (unpaired) electrons. The second-order valence-electron chi connectivity index (χ2n) is 8.02. The van der Waals surface area contributed by atoms with Gasteiger partial charge in [0.05, 0.1) is 0 Å². The smallest absolute Gasteiger partial charge is 0.408 e. The molecule has 148 valence electrons. The summed E-state index contributed by atoms with van der Waals surface area (Å²) in [6.45, 7) is 6.66. The zero-order chi connectivity index (χ0) is 20.3. The Morgan fingerprint density at radius 1 is 1.18 bits per heavy atom. The van der Waals surface area contributed by atoms with Crippen molar-refractivity contribution < 1.29 is 19.2 Å². The molecular formula is C22H26BrN2O3+. The first-order chi connectivity index (χ1) is 13.2. The molecule has 3 rings (SSSR count). The maximum Gasteiger partial charge on any atom is 0.408 e. The second kappa shape index (κ2) is 8.35. The molecule has 1 heterocycles. The average molecular weight is 446 g/mol. The summed E-state index contributed by atoms with van der Waals surface area (Å²) in [5.74, 6) is 0.141. The van der Waals surface area contributed by atoms with Gasteiger partial charge in [-0.2, -0.15) is 4.58 Å². The summed E-state index contributed by atoms with van der Waals surface area (Å²) in [6, 6.07) is 15.3. The van der Waals surface area contributed by atoms with Gasteiger partial charge in [-0.1, -0.05) is 52.3 Å². The highest BCUT2D eigenvalue weighted by molar-refractivity contribution is 9.10. The Labute approximate surface area is 174 Å². The maximum absolute atomic E-state index is 12.4. The molecule has 0 spiro atoms. The monoisotopic (exact) mass is 445 g/mol. The molecule has 1 amide bonds. The Morgan fingerprint density at radius 2 is 1.86 bits per heavy atom. The van der Waals surface area contributed by atoms with E-state index in [1.54, 1.807) is 0 Å². The van der Waals surface area contributed by atoms with Gasteiger partial charge in [0.25, 0.3) is 0 Å². The van der Waals surface area contributed by atoms with Crippen molar-refractivity contribution in [1.82, 2.24) is 5.32 Å². The molecule has 1 aliphatic rings. The van der Waals surface area contributed by atoms with Crippen LogP contribution in [-0.4, -0.2) is 33.3 Å². The van der Waals surface area contributed by atoms with Crippen molar-refractivity contribution in [1.29, 1.82) is 0 Å². The van der Waals surface area contributed by atoms with Gasteiger partial charge in [0.2, 0.25) is 0 Å². The first kappa shape index (κ1) is 20.4. The van der Waals surface area contributed by atoms with Gasteiger partial charge >= 0.3 is 12.0 Å². The normalized spacial score (nSPS) is 16.3. The predicted octanol–water partition coefficient (Wildman–Crippen LogP) is 4.57. The van der Waals surface area contributed by atoms with E-state index < -0.39 is 17.7 Å². The van der Waals surface area contributed by atoms with Crippen LogP contribution in [0.25, 0.3) is 0 Å². The van der Waals surface area contributed by atoms with Gasteiger partial charge in [0, 0.05) is 22.0 Å². The third kappa shape index (κ3) is 5.35. The van der Waals surface area contributed by atoms with Gasteiger partial charge in [-0.15, -0.1) is 0 Å². The van der Waals surface area contributed by atoms with Crippen molar-refractivity contribution in [3.63, 3.8) is 0 Å². The number of fused-ring (bicyclic) bond motifs is 1. The van der Waals surface area contributed by atoms with E-state index in [1.807, 2.05) is 61.7 Å². The molecule has 0 bridgehead atoms. The van der Waals surface area contributed by atoms with Crippen molar-refractivity contribution in [2.24, 2.45) is 0 Å². The lowest BCUT2D eigenvalue weighted by Gasteiger charge is -2.22. The van der Waals surface area contributed by atoms with Crippen LogP contribution < -0.4 is 5.32 Å². The van der Waals surface area contributed by atoms with Crippen LogP contribution in [-0.2, 0) is 24.2 Å². The highest BCUT2D eigenvalue weighted by atomic mass is 79.9. The third-order valence-electron chi connectivity index (χ3n) is 4.50. The largest absolute Gasteiger partial charge is 0.462 e. The topological polar surface area (TPSA) is 61.6 Å². The number of alkyl carbamates (subject to hydrolysis) is 1. The van der Waals surface area contributed by atoms with Crippen LogP contribution in [0.5, 0.6) is 0 Å². The second-order valence-corrected chi connectivity index (χ2v) is 8.93. The number of halogens is 1. The van der Waals surface area contributed by atoms with Crippen LogP contribution in [0.1, 0.15) is 37.5 Å². The molecular weight excluding hydrogens is 420 g/mol. The van der Waals surface area contributed by atoms with Crippen LogP contribution >= 0.6 is 15.9 Å². The Balaban J connectivity index is 1.84. The van der Waals surface area contributed by atoms with E-state index in [9.17, 15) is 9.90 Å². The number of hydrogen-bond donors (Lipinski definition) is 2. The predicted molar refractivity (Wildman–Crippen MR) is 113 cm³/mol. The standard InChI is InChI=1S/C22H25BrN2O3/c1-22(2,3)28-21(27)24-19(11-15-7-5-4-6-8-15)20(26)25-13-16-9-10-18(23)12-17(16)14-25/h4-10,12,19H,11,13-14H2,1-3H3,(H,24,27)/p+1/t19-/m1/s1. The molecule has 1 aliphatic heterocycles. The van der Waals surface area contributed by atoms with Crippen molar-refractivity contribution in [2.75, 3.05) is 0 Å². The number of hydrogen-bond acceptors (Lipinski definition) is 2. The molecule has 2 aromatic carbocycles. The summed E-state index contributed by atoms with van der Waals surface area (Å²) in [5.41, 5.74) is 2.75. The van der Waals surface area contributed by atoms with Crippen LogP contribution in [0.4, 0.5) is 4.79 Å². The molecule has 2 N–H and O–H groups in total. The molecule has 0 saturated heterocycles. The summed E-state index contributed by atoms with van der Waals surface area (Å²) < 4.78 is 8.30. The van der Waals surface area contributed by atoms with E-state index in [4.69, 9.17) is 4.74 Å². The molecule has 28 heavy (non-hydrogen) atoms. The molecule has 0 fully saturated rings. The van der Waals surface area contributed by atoms with Crippen molar-refractivity contribution in [3.05, 3.63) is 69.7 Å². The van der Waals surface area contributed by atoms with Gasteiger partial charge in [-0.25, -0.2) is 4.79 Å². The Bertz CT molecular complexity index is 888. The van der Waals surface area contributed by atoms with Gasteiger partial charge in [-0.05, 0) is 38.5 Å². The maximum atomic E-state index is 12.4. The third-order valence-corrected chi connectivity index (χ3v) is 4.99. The number of amides is 1. The molecule has 0 unspecified atom stereocenters. The van der Waals surface area contributed by atoms with E-state index in [-0.39, 0.29) is 5.90 Å². The number of ether oxygens (including phenoxy) is 1. The molecule has 0 saturated carbocycles. The summed E-state index contributed by atoms with van der Waals surface area (Å²) in [7, 11) is 0. The fourth-order valence-electron chi connectivity index (χ4n) is 3.25. The average Bonchev–Trinajstić information content (AvgIpc) is 3.03. The van der Waals surface area contributed by atoms with E-state index in [0.29, 0.717) is 19.5 Å². The minimum Gasteiger partial charge on any atom is -0.462 e. The summed E-state index contributed by atoms with van der Waals surface area (Å²) in [6.07, 6.45) is -0.0675. The first-order valence-corrected chi connectivity index (χ1v) is 10.1. The molecule has 0 aromatic heterocycles. The Morgan fingerprint density at radius 3 is 2.54 bits per heavy atom. The number of aliphatic hydroxyl groups is 1. The van der Waals surface area contributed by atoms with Crippen molar-refractivity contribution in [2.45, 2.75) is 51.9 Å². The lowest BCUT2D eigenvalue weighted by Crippen LogP contribution is -2.47. The number of rotatable bonds is 4. The number of benzene rings is 2. The molecule has 2 aromatic rings. The lowest BCUT2D eigenvalue weighted by atomic mass is 10.1. The number of carbonyl (C=O) groups excluding carboxylic acids is 1. The lowest BCUT2D eigenvalue weighted by molar-refractivity contribution is -0.557. The van der Waals surface area contributed by atoms with E-state index in [1.165, 1.54) is 5.56 Å². The van der Waals surface area contributed by atoms with Crippen LogP contribution in [0.3, 0.4) is 0 Å². The SMILES string of the molecule is CC(C)(C)OC(=O)N[C@H](Cc1ccccc1)C(O)=[N+]1Cc2ccc(Br)cc2C1. The molecule has 1 atom stereocenters. The van der Waals surface area contributed by atoms with Crippen LogP contribution in [0.15, 0.2) is 53.0 Å². The number of aliphatic hydroxyl groups excluding tert-OH is 1. The molecule has 0 aliphatic carbocycles. The quantitative estimate of drug-likeness (QED) is 0.535. The Kier molecular flexibility index (Phi) is 6.08. The Hall–Kier alpha value is -2.34. The number of nitrogens with one attached hydrogen (secondary N) is 1. The summed E-state index contributed by atoms with van der Waals surface area (Å²) in [5, 5.41) is 13.9. The highest BCUT2D eigenvalue weighted by Crippen LogP contribution is 2.24. The first-order valence-electron chi connectivity index (χ1n) is 9.33. The number of carbonyl (C=O) groups is 1. The minimum atomic E-state index is -0.604. The highest BCUT2D eigenvalue weighted by Gasteiger charge is 2.32. The zero-order valence-electron chi connectivity index (χ0n) is 16.4. The van der Waals surface area contributed by atoms with Crippen LogP contribution in [0.2, 0.25) is 0 Å². The van der Waals surface area contributed by atoms with E-state index >= 15 is 0 Å². The fraction of sp³-hybridized carbons (Fsp3) is 0.364. The van der Waals surface area contributed by atoms with E-state index in [0.717, 1.165) is 15.6 Å². The summed E-state index contributed by atoms with van der Waals surface area (Å²) in [4.78, 5) is 12.4. The van der Waals surface area contributed by atoms with Crippen molar-refractivity contribution in [3.8, 4) is 0 Å². The molecule has 5 nitrogen and oxygen atoms in total. The van der Waals surface area contributed by atoms with Gasteiger partial charge < -0.3 is 15.2 Å². The van der Waals surface area contributed by atoms with Gasteiger partial charge in [-0.3, -0.25) is 0 Å².